The van der Waals surface area contributed by atoms with Crippen LogP contribution in [0.1, 0.15) is 5.56 Å². The van der Waals surface area contributed by atoms with Crippen molar-refractivity contribution < 1.29 is 17.6 Å². The number of rotatable bonds is 7. The van der Waals surface area contributed by atoms with Crippen LogP contribution < -0.4 is 9.62 Å². The Morgan fingerprint density at radius 3 is 2.48 bits per heavy atom. The molecule has 0 aliphatic heterocycles. The third kappa shape index (κ3) is 5.72. The molecule has 0 saturated heterocycles. The Kier molecular flexibility index (Phi) is 6.39. The first-order chi connectivity index (χ1) is 11.8. The van der Waals surface area contributed by atoms with E-state index in [2.05, 4.69) is 5.32 Å². The minimum absolute atomic E-state index is 0.132. The summed E-state index contributed by atoms with van der Waals surface area (Å²) in [6.45, 7) is -0.0276. The van der Waals surface area contributed by atoms with Gasteiger partial charge in [-0.05, 0) is 30.2 Å². The highest BCUT2D eigenvalue weighted by Gasteiger charge is 2.21. The van der Waals surface area contributed by atoms with E-state index in [0.717, 1.165) is 22.2 Å². The zero-order valence-electron chi connectivity index (χ0n) is 13.6. The second-order valence-corrected chi connectivity index (χ2v) is 7.77. The van der Waals surface area contributed by atoms with Crippen LogP contribution in [-0.4, -0.2) is 33.7 Å². The molecule has 2 rings (SSSR count). The lowest BCUT2D eigenvalue weighted by Gasteiger charge is -2.22. The van der Waals surface area contributed by atoms with E-state index in [0.29, 0.717) is 13.0 Å². The van der Waals surface area contributed by atoms with Gasteiger partial charge in [0.1, 0.15) is 12.4 Å². The molecular weight excluding hydrogens is 367 g/mol. The Bertz CT molecular complexity index is 844. The van der Waals surface area contributed by atoms with Gasteiger partial charge >= 0.3 is 0 Å². The molecule has 1 amide bonds. The average Bonchev–Trinajstić information content (AvgIpc) is 2.55. The first-order valence-corrected chi connectivity index (χ1v) is 9.73. The number of sulfonamides is 1. The first-order valence-electron chi connectivity index (χ1n) is 7.51. The smallest absolute Gasteiger partial charge is 0.240 e. The van der Waals surface area contributed by atoms with Gasteiger partial charge in [0.05, 0.1) is 17.0 Å². The van der Waals surface area contributed by atoms with Crippen LogP contribution in [0.25, 0.3) is 0 Å². The van der Waals surface area contributed by atoms with Gasteiger partial charge in [-0.15, -0.1) is 0 Å². The van der Waals surface area contributed by atoms with E-state index in [4.69, 9.17) is 11.6 Å². The predicted molar refractivity (Wildman–Crippen MR) is 96.8 cm³/mol. The number of nitrogens with zero attached hydrogens (tertiary/aromatic N) is 1. The summed E-state index contributed by atoms with van der Waals surface area (Å²) in [5.74, 6) is -1.12. The molecule has 0 aliphatic carbocycles. The van der Waals surface area contributed by atoms with E-state index in [-0.39, 0.29) is 10.7 Å². The number of hydrogen-bond acceptors (Lipinski definition) is 3. The number of hydrogen-bond donors (Lipinski definition) is 1. The summed E-state index contributed by atoms with van der Waals surface area (Å²) in [6, 6.07) is 13.1. The van der Waals surface area contributed by atoms with E-state index >= 15 is 0 Å². The highest BCUT2D eigenvalue weighted by Crippen LogP contribution is 2.24. The van der Waals surface area contributed by atoms with Crippen LogP contribution in [0.5, 0.6) is 0 Å². The topological polar surface area (TPSA) is 66.5 Å². The second-order valence-electron chi connectivity index (χ2n) is 5.45. The molecule has 0 aliphatic rings. The van der Waals surface area contributed by atoms with Gasteiger partial charge in [-0.2, -0.15) is 0 Å². The van der Waals surface area contributed by atoms with Crippen molar-refractivity contribution in [3.05, 3.63) is 64.9 Å². The summed E-state index contributed by atoms with van der Waals surface area (Å²) in [4.78, 5) is 12.1. The molecule has 2 aromatic rings. The number of amides is 1. The van der Waals surface area contributed by atoms with Crippen LogP contribution in [0, 0.1) is 5.82 Å². The number of anilines is 1. The third-order valence-electron chi connectivity index (χ3n) is 3.46. The molecule has 0 unspecified atom stereocenters. The summed E-state index contributed by atoms with van der Waals surface area (Å²) in [5.41, 5.74) is 1.19. The predicted octanol–water partition coefficient (Wildman–Crippen LogP) is 2.60. The Morgan fingerprint density at radius 2 is 1.88 bits per heavy atom. The normalized spacial score (nSPS) is 11.2. The van der Waals surface area contributed by atoms with Gasteiger partial charge in [-0.1, -0.05) is 41.9 Å². The van der Waals surface area contributed by atoms with Crippen molar-refractivity contribution in [1.82, 2.24) is 5.32 Å². The van der Waals surface area contributed by atoms with Crippen molar-refractivity contribution in [2.24, 2.45) is 0 Å². The Morgan fingerprint density at radius 1 is 1.20 bits per heavy atom. The van der Waals surface area contributed by atoms with Crippen molar-refractivity contribution in [3.63, 3.8) is 0 Å². The largest absolute Gasteiger partial charge is 0.354 e. The van der Waals surface area contributed by atoms with E-state index in [1.165, 1.54) is 12.1 Å². The lowest BCUT2D eigenvalue weighted by Crippen LogP contribution is -2.41. The molecule has 25 heavy (non-hydrogen) atoms. The zero-order chi connectivity index (χ0) is 18.4. The summed E-state index contributed by atoms with van der Waals surface area (Å²) >= 11 is 5.70. The molecule has 2 aromatic carbocycles. The lowest BCUT2D eigenvalue weighted by molar-refractivity contribution is -0.119. The molecule has 5 nitrogen and oxygen atoms in total. The maximum absolute atomic E-state index is 13.3. The number of carbonyl (C=O) groups excluding carboxylic acids is 1. The molecule has 8 heteroatoms. The van der Waals surface area contributed by atoms with Gasteiger partial charge in [0, 0.05) is 6.54 Å². The number of carbonyl (C=O) groups is 1. The lowest BCUT2D eigenvalue weighted by atomic mass is 10.1. The van der Waals surface area contributed by atoms with Gasteiger partial charge in [-0.25, -0.2) is 12.8 Å². The summed E-state index contributed by atoms with van der Waals surface area (Å²) in [7, 11) is -3.73. The number of benzene rings is 2. The van der Waals surface area contributed by atoms with Crippen LogP contribution >= 0.6 is 11.6 Å². The standard InChI is InChI=1S/C17H18ClFN2O3S/c1-25(23,24)21(14-7-8-16(19)15(18)11-14)12-17(22)20-10-9-13-5-3-2-4-6-13/h2-8,11H,9-10,12H2,1H3,(H,20,22). The molecule has 0 radical (unpaired) electrons. The van der Waals surface area contributed by atoms with Gasteiger partial charge < -0.3 is 5.32 Å². The molecule has 0 saturated carbocycles. The zero-order valence-corrected chi connectivity index (χ0v) is 15.1. The van der Waals surface area contributed by atoms with Gasteiger partial charge in [-0.3, -0.25) is 9.10 Å². The summed E-state index contributed by atoms with van der Waals surface area (Å²) < 4.78 is 38.1. The van der Waals surface area contributed by atoms with E-state index < -0.39 is 28.3 Å². The van der Waals surface area contributed by atoms with Crippen molar-refractivity contribution in [3.8, 4) is 0 Å². The fourth-order valence-corrected chi connectivity index (χ4v) is 3.24. The molecule has 0 aromatic heterocycles. The highest BCUT2D eigenvalue weighted by molar-refractivity contribution is 7.92. The monoisotopic (exact) mass is 384 g/mol. The van der Waals surface area contributed by atoms with Crippen LogP contribution in [-0.2, 0) is 21.2 Å². The van der Waals surface area contributed by atoms with Crippen molar-refractivity contribution in [2.45, 2.75) is 6.42 Å². The maximum Gasteiger partial charge on any atom is 0.240 e. The van der Waals surface area contributed by atoms with Gasteiger partial charge in [0.25, 0.3) is 0 Å². The maximum atomic E-state index is 13.3. The van der Waals surface area contributed by atoms with Gasteiger partial charge in [0.2, 0.25) is 15.9 Å². The molecule has 1 N–H and O–H groups in total. The van der Waals surface area contributed by atoms with Gasteiger partial charge in [0.15, 0.2) is 0 Å². The second kappa shape index (κ2) is 8.31. The minimum Gasteiger partial charge on any atom is -0.354 e. The van der Waals surface area contributed by atoms with Crippen LogP contribution in [0.3, 0.4) is 0 Å². The number of nitrogens with one attached hydrogen (secondary N) is 1. The SMILES string of the molecule is CS(=O)(=O)N(CC(=O)NCCc1ccccc1)c1ccc(F)c(Cl)c1. The molecule has 0 bridgehead atoms. The molecule has 0 heterocycles. The minimum atomic E-state index is -3.73. The van der Waals surface area contributed by atoms with Crippen LogP contribution in [0.4, 0.5) is 10.1 Å². The van der Waals surface area contributed by atoms with Crippen molar-refractivity contribution >= 4 is 33.2 Å². The molecular formula is C17H18ClFN2O3S. The fraction of sp³-hybridized carbons (Fsp3) is 0.235. The Hall–Kier alpha value is -2.12. The molecule has 134 valence electrons. The Labute approximate surface area is 151 Å². The third-order valence-corrected chi connectivity index (χ3v) is 4.89. The van der Waals surface area contributed by atoms with E-state index in [9.17, 15) is 17.6 Å². The Balaban J connectivity index is 2.02. The first kappa shape index (κ1) is 19.2. The van der Waals surface area contributed by atoms with Crippen molar-refractivity contribution in [1.29, 1.82) is 0 Å². The summed E-state index contributed by atoms with van der Waals surface area (Å²) in [5, 5.41) is 2.46. The van der Waals surface area contributed by atoms with E-state index in [1.807, 2.05) is 30.3 Å². The highest BCUT2D eigenvalue weighted by atomic mass is 35.5. The van der Waals surface area contributed by atoms with E-state index in [1.54, 1.807) is 0 Å². The van der Waals surface area contributed by atoms with Crippen molar-refractivity contribution in [2.75, 3.05) is 23.7 Å². The summed E-state index contributed by atoms with van der Waals surface area (Å²) in [6.07, 6.45) is 1.61. The average molecular weight is 385 g/mol. The molecule has 0 atom stereocenters. The quantitative estimate of drug-likeness (QED) is 0.798. The van der Waals surface area contributed by atoms with Crippen LogP contribution in [0.15, 0.2) is 48.5 Å². The van der Waals surface area contributed by atoms with Crippen LogP contribution in [0.2, 0.25) is 5.02 Å². The number of halogens is 2. The molecule has 0 spiro atoms. The molecule has 0 fully saturated rings. The fourth-order valence-electron chi connectivity index (χ4n) is 2.22.